The molecule has 1 unspecified atom stereocenters. The first-order chi connectivity index (χ1) is 9.22. The minimum atomic E-state index is -3.81. The van der Waals surface area contributed by atoms with Crippen molar-refractivity contribution >= 4 is 37.1 Å². The Balaban J connectivity index is -0.0000000610. The van der Waals surface area contributed by atoms with Crippen molar-refractivity contribution in [1.29, 1.82) is 0 Å². The maximum atomic E-state index is 7.56. The molecule has 134 valence electrons. The summed E-state index contributed by atoms with van der Waals surface area (Å²) in [5.41, 5.74) is 0. The van der Waals surface area contributed by atoms with Crippen molar-refractivity contribution in [2.75, 3.05) is 0 Å². The van der Waals surface area contributed by atoms with E-state index in [4.69, 9.17) is 29.4 Å². The number of hydrogen-bond acceptors (Lipinski definition) is 2. The van der Waals surface area contributed by atoms with Crippen LogP contribution in [0.4, 0.5) is 0 Å². The van der Waals surface area contributed by atoms with Crippen LogP contribution in [0.25, 0.3) is 0 Å². The Bertz CT molecular complexity index is 249. The molecule has 0 aliphatic rings. The van der Waals surface area contributed by atoms with Crippen molar-refractivity contribution in [1.82, 2.24) is 0 Å². The summed E-state index contributed by atoms with van der Waals surface area (Å²) in [5, 5.41) is 0. The molecule has 6 N–H and O–H groups in total. The number of hydrogen-bond donors (Lipinski definition) is 6. The largest absolute Gasteiger partial charge is 2.00 e. The molecule has 0 saturated heterocycles. The van der Waals surface area contributed by atoms with Crippen LogP contribution in [0.15, 0.2) is 0 Å². The summed E-state index contributed by atoms with van der Waals surface area (Å²) in [6.45, 7) is 4.81. The second-order valence-corrected chi connectivity index (χ2v) is 9.01. The summed E-state index contributed by atoms with van der Waals surface area (Å²) in [5.74, 6) is 0.704. The quantitative estimate of drug-likeness (QED) is 0.220. The zero-order valence-electron chi connectivity index (χ0n) is 13.8. The average Bonchev–Trinajstić information content (AvgIpc) is 2.22. The van der Waals surface area contributed by atoms with Crippen LogP contribution in [0.1, 0.15) is 53.4 Å². The van der Waals surface area contributed by atoms with E-state index in [-0.39, 0.29) is 19.5 Å². The van der Waals surface area contributed by atoms with Crippen LogP contribution in [0.5, 0.6) is 0 Å². The second kappa shape index (κ2) is 22.7. The van der Waals surface area contributed by atoms with Crippen LogP contribution >= 0.6 is 13.4 Å². The molecule has 0 heterocycles. The SMILES string of the molecule is C[CH-]C.OP(O)(O)=S.OP(O)(O)=S.[CH2-]C(CC)CCCC.[Zn+2]. The summed E-state index contributed by atoms with van der Waals surface area (Å²) in [4.78, 5) is 45.3. The third-order valence-electron chi connectivity index (χ3n) is 1.54. The van der Waals surface area contributed by atoms with E-state index in [2.05, 4.69) is 44.4 Å². The van der Waals surface area contributed by atoms with Crippen molar-refractivity contribution in [3.8, 4) is 0 Å². The maximum Gasteiger partial charge on any atom is 2.00 e. The molecule has 11 heteroatoms. The van der Waals surface area contributed by atoms with Crippen molar-refractivity contribution in [3.05, 3.63) is 13.3 Å². The van der Waals surface area contributed by atoms with Gasteiger partial charge in [-0.25, -0.2) is 0 Å². The van der Waals surface area contributed by atoms with Gasteiger partial charge < -0.3 is 42.7 Å². The van der Waals surface area contributed by atoms with E-state index in [1.54, 1.807) is 0 Å². The summed E-state index contributed by atoms with van der Waals surface area (Å²) in [7, 11) is 0. The zero-order valence-corrected chi connectivity index (χ0v) is 20.2. The molecule has 0 amide bonds. The van der Waals surface area contributed by atoms with E-state index >= 15 is 0 Å². The smallest absolute Gasteiger partial charge is 0.340 e. The molecular formula is C11H30O6P2S2Zn. The van der Waals surface area contributed by atoms with Gasteiger partial charge in [0.25, 0.3) is 0 Å². The van der Waals surface area contributed by atoms with Gasteiger partial charge in [0.1, 0.15) is 0 Å². The monoisotopic (exact) mass is 448 g/mol. The third kappa shape index (κ3) is 157. The van der Waals surface area contributed by atoms with E-state index in [9.17, 15) is 0 Å². The van der Waals surface area contributed by atoms with Gasteiger partial charge in [-0.2, -0.15) is 19.8 Å². The van der Waals surface area contributed by atoms with Crippen LogP contribution in [0.2, 0.25) is 0 Å². The molecule has 1 atom stereocenters. The van der Waals surface area contributed by atoms with Gasteiger partial charge in [-0.15, -0.1) is 0 Å². The Morgan fingerprint density at radius 3 is 1.32 bits per heavy atom. The zero-order chi connectivity index (χ0) is 18.1. The minimum Gasteiger partial charge on any atom is -0.340 e. The van der Waals surface area contributed by atoms with Crippen molar-refractivity contribution in [2.24, 2.45) is 5.92 Å². The van der Waals surface area contributed by atoms with Gasteiger partial charge in [0.15, 0.2) is 0 Å². The standard InChI is InChI=1S/C8H17.C3H7.2H3O3PS.Zn/c1-4-6-7-8(3)5-2;1-3-2;2*1-4(2,3)5;/h8H,3-7H2,1-2H3;3H,1-2H3;2*(H3,1,2,3,5);/q2*-1;;;+2. The molecule has 22 heavy (non-hydrogen) atoms. The molecule has 0 saturated carbocycles. The predicted molar refractivity (Wildman–Crippen MR) is 96.2 cm³/mol. The van der Waals surface area contributed by atoms with E-state index in [1.807, 2.05) is 20.3 Å². The third-order valence-corrected chi connectivity index (χ3v) is 1.54. The van der Waals surface area contributed by atoms with E-state index < -0.39 is 13.4 Å². The molecule has 0 aromatic carbocycles. The van der Waals surface area contributed by atoms with Gasteiger partial charge in [-0.3, -0.25) is 0 Å². The van der Waals surface area contributed by atoms with Gasteiger partial charge >= 0.3 is 32.9 Å². The summed E-state index contributed by atoms with van der Waals surface area (Å²) < 4.78 is 0. The number of rotatable bonds is 4. The second-order valence-electron chi connectivity index (χ2n) is 4.02. The van der Waals surface area contributed by atoms with Crippen LogP contribution < -0.4 is 0 Å². The van der Waals surface area contributed by atoms with E-state index in [0.717, 1.165) is 0 Å². The molecule has 0 aromatic heterocycles. The molecule has 0 aliphatic heterocycles. The molecule has 0 fully saturated rings. The van der Waals surface area contributed by atoms with Gasteiger partial charge in [0.05, 0.1) is 0 Å². The Morgan fingerprint density at radius 2 is 1.18 bits per heavy atom. The first-order valence-electron chi connectivity index (χ1n) is 6.36. The molecule has 0 aromatic rings. The number of unbranched alkanes of at least 4 members (excludes halogenated alkanes) is 1. The van der Waals surface area contributed by atoms with E-state index in [1.165, 1.54) is 25.7 Å². The fraction of sp³-hybridized carbons (Fsp3) is 0.818. The predicted octanol–water partition coefficient (Wildman–Crippen LogP) is 2.64. The summed E-state index contributed by atoms with van der Waals surface area (Å²) in [6, 6.07) is 0. The summed E-state index contributed by atoms with van der Waals surface area (Å²) in [6.07, 6.45) is 7.21. The fourth-order valence-corrected chi connectivity index (χ4v) is 0.697. The van der Waals surface area contributed by atoms with Crippen LogP contribution in [0, 0.1) is 19.3 Å². The van der Waals surface area contributed by atoms with Crippen molar-refractivity contribution in [2.45, 2.75) is 53.4 Å². The minimum absolute atomic E-state index is 0. The van der Waals surface area contributed by atoms with Crippen LogP contribution in [-0.4, -0.2) is 29.4 Å². The molecular weight excluding hydrogens is 420 g/mol. The van der Waals surface area contributed by atoms with Gasteiger partial charge in [-0.05, 0) is 23.6 Å². The van der Waals surface area contributed by atoms with E-state index in [0.29, 0.717) is 5.92 Å². The Labute approximate surface area is 158 Å². The van der Waals surface area contributed by atoms with Crippen molar-refractivity contribution in [3.63, 3.8) is 0 Å². The Morgan fingerprint density at radius 1 is 0.955 bits per heavy atom. The first kappa shape index (κ1) is 34.9. The molecule has 0 bridgehead atoms. The normalized spacial score (nSPS) is 11.2. The fourth-order valence-electron chi connectivity index (χ4n) is 0.697. The summed E-state index contributed by atoms with van der Waals surface area (Å²) >= 11 is 7.21. The molecule has 0 aliphatic carbocycles. The maximum absolute atomic E-state index is 7.56. The van der Waals surface area contributed by atoms with Gasteiger partial charge in [-0.1, -0.05) is 39.5 Å². The van der Waals surface area contributed by atoms with Gasteiger partial charge in [0.2, 0.25) is 0 Å². The van der Waals surface area contributed by atoms with Gasteiger partial charge in [0, 0.05) is 0 Å². The van der Waals surface area contributed by atoms with Crippen molar-refractivity contribution < 1.29 is 48.8 Å². The molecule has 0 spiro atoms. The molecule has 0 radical (unpaired) electrons. The first-order valence-corrected chi connectivity index (χ1v) is 11.7. The molecule has 6 nitrogen and oxygen atoms in total. The Kier molecular flexibility index (Phi) is 36.0. The van der Waals surface area contributed by atoms with Crippen LogP contribution in [0.3, 0.4) is 0 Å². The Hall–Kier alpha value is 1.68. The topological polar surface area (TPSA) is 121 Å². The van der Waals surface area contributed by atoms with Crippen LogP contribution in [-0.2, 0) is 43.1 Å². The average molecular weight is 450 g/mol. The molecule has 0 rings (SSSR count).